The molecule has 27 heavy (non-hydrogen) atoms. The van der Waals surface area contributed by atoms with Crippen LogP contribution >= 0.6 is 0 Å². The molecular formula is C24H20O3. The summed E-state index contributed by atoms with van der Waals surface area (Å²) in [6.07, 6.45) is -0.363. The van der Waals surface area contributed by atoms with Gasteiger partial charge in [-0.15, -0.1) is 0 Å². The lowest BCUT2D eigenvalue weighted by Gasteiger charge is -2.17. The molecule has 0 aliphatic rings. The maximum absolute atomic E-state index is 13.2. The zero-order chi connectivity index (χ0) is 18.6. The van der Waals surface area contributed by atoms with E-state index in [2.05, 4.69) is 0 Å². The van der Waals surface area contributed by atoms with Crippen LogP contribution in [0.3, 0.4) is 0 Å². The Hall–Kier alpha value is -3.17. The van der Waals surface area contributed by atoms with E-state index in [1.165, 1.54) is 0 Å². The highest BCUT2D eigenvalue weighted by Gasteiger charge is 2.21. The fraction of sp³-hybridized carbons (Fsp3) is 0.125. The first kappa shape index (κ1) is 17.3. The van der Waals surface area contributed by atoms with Crippen LogP contribution in [0.1, 0.15) is 24.4 Å². The van der Waals surface area contributed by atoms with E-state index >= 15 is 0 Å². The summed E-state index contributed by atoms with van der Waals surface area (Å²) in [6, 6.07) is 26.9. The lowest BCUT2D eigenvalue weighted by Crippen LogP contribution is -2.12. The van der Waals surface area contributed by atoms with Gasteiger partial charge in [-0.25, -0.2) is 0 Å². The van der Waals surface area contributed by atoms with Gasteiger partial charge in [0.05, 0.1) is 17.6 Å². The van der Waals surface area contributed by atoms with Crippen LogP contribution in [0.25, 0.3) is 22.1 Å². The maximum Gasteiger partial charge on any atom is 0.200 e. The maximum atomic E-state index is 13.2. The molecule has 0 spiro atoms. The van der Waals surface area contributed by atoms with Gasteiger partial charge >= 0.3 is 0 Å². The number of fused-ring (bicyclic) bond motifs is 1. The smallest absolute Gasteiger partial charge is 0.200 e. The second-order valence-corrected chi connectivity index (χ2v) is 6.47. The average Bonchev–Trinajstić information content (AvgIpc) is 2.73. The molecule has 0 radical (unpaired) electrons. The van der Waals surface area contributed by atoms with Gasteiger partial charge in [0.2, 0.25) is 5.43 Å². The van der Waals surface area contributed by atoms with Crippen molar-refractivity contribution in [3.63, 3.8) is 0 Å². The highest BCUT2D eigenvalue weighted by Crippen LogP contribution is 2.31. The van der Waals surface area contributed by atoms with Gasteiger partial charge in [0.1, 0.15) is 17.4 Å². The largest absolute Gasteiger partial charge is 0.457 e. The summed E-state index contributed by atoms with van der Waals surface area (Å²) in [5.74, 6) is 0.556. The van der Waals surface area contributed by atoms with Crippen molar-refractivity contribution >= 4 is 11.0 Å². The summed E-state index contributed by atoms with van der Waals surface area (Å²) in [5.41, 5.74) is 3.02. The minimum atomic E-state index is -0.363. The average molecular weight is 356 g/mol. The molecule has 4 aromatic rings. The Kier molecular flexibility index (Phi) is 4.86. The quantitative estimate of drug-likeness (QED) is 0.458. The second-order valence-electron chi connectivity index (χ2n) is 6.47. The van der Waals surface area contributed by atoms with E-state index < -0.39 is 0 Å². The van der Waals surface area contributed by atoms with Gasteiger partial charge in [-0.1, -0.05) is 72.8 Å². The molecule has 0 N–H and O–H groups in total. The lowest BCUT2D eigenvalue weighted by molar-refractivity contribution is 0.0389. The number of benzene rings is 3. The van der Waals surface area contributed by atoms with Gasteiger partial charge in [0.25, 0.3) is 0 Å². The third kappa shape index (κ3) is 3.55. The van der Waals surface area contributed by atoms with Crippen LogP contribution in [-0.2, 0) is 11.3 Å². The van der Waals surface area contributed by atoms with Crippen LogP contribution in [0.5, 0.6) is 0 Å². The molecule has 4 rings (SSSR count). The molecule has 0 bridgehead atoms. The van der Waals surface area contributed by atoms with Crippen LogP contribution in [0.2, 0.25) is 0 Å². The van der Waals surface area contributed by atoms with Crippen molar-refractivity contribution in [2.75, 3.05) is 0 Å². The van der Waals surface area contributed by atoms with Crippen molar-refractivity contribution in [2.24, 2.45) is 0 Å². The van der Waals surface area contributed by atoms with E-state index in [0.29, 0.717) is 28.9 Å². The third-order valence-corrected chi connectivity index (χ3v) is 4.60. The van der Waals surface area contributed by atoms with Crippen molar-refractivity contribution in [3.8, 4) is 11.1 Å². The molecule has 0 aliphatic carbocycles. The molecule has 0 saturated carbocycles. The third-order valence-electron chi connectivity index (χ3n) is 4.60. The van der Waals surface area contributed by atoms with Gasteiger partial charge < -0.3 is 9.15 Å². The SMILES string of the molecule is C[C@@H](OCc1ccccc1)c1oc2ccccc2c(=O)c1-c1ccccc1. The second kappa shape index (κ2) is 7.60. The van der Waals surface area contributed by atoms with E-state index in [-0.39, 0.29) is 11.5 Å². The summed E-state index contributed by atoms with van der Waals surface area (Å²) in [4.78, 5) is 13.2. The van der Waals surface area contributed by atoms with Crippen LogP contribution in [0.4, 0.5) is 0 Å². The lowest BCUT2D eigenvalue weighted by atomic mass is 10.00. The highest BCUT2D eigenvalue weighted by molar-refractivity contribution is 5.82. The van der Waals surface area contributed by atoms with Crippen molar-refractivity contribution in [1.82, 2.24) is 0 Å². The molecule has 0 amide bonds. The zero-order valence-corrected chi connectivity index (χ0v) is 15.1. The molecule has 3 nitrogen and oxygen atoms in total. The minimum absolute atomic E-state index is 0.0341. The summed E-state index contributed by atoms with van der Waals surface area (Å²) < 4.78 is 12.2. The summed E-state index contributed by atoms with van der Waals surface area (Å²) in [6.45, 7) is 2.37. The highest BCUT2D eigenvalue weighted by atomic mass is 16.5. The standard InChI is InChI=1S/C24H20O3/c1-17(26-16-18-10-4-2-5-11-18)24-22(19-12-6-3-7-13-19)23(25)20-14-8-9-15-21(20)27-24/h2-15,17H,16H2,1H3/t17-/m1/s1. The Bertz CT molecular complexity index is 1100. The molecule has 0 unspecified atom stereocenters. The van der Waals surface area contributed by atoms with Crippen molar-refractivity contribution < 1.29 is 9.15 Å². The molecular weight excluding hydrogens is 336 g/mol. The predicted molar refractivity (Wildman–Crippen MR) is 108 cm³/mol. The minimum Gasteiger partial charge on any atom is -0.457 e. The summed E-state index contributed by atoms with van der Waals surface area (Å²) >= 11 is 0. The molecule has 3 heteroatoms. The van der Waals surface area contributed by atoms with Crippen molar-refractivity contribution in [1.29, 1.82) is 0 Å². The first-order chi connectivity index (χ1) is 13.2. The van der Waals surface area contributed by atoms with E-state index in [0.717, 1.165) is 11.1 Å². The first-order valence-corrected chi connectivity index (χ1v) is 9.01. The zero-order valence-electron chi connectivity index (χ0n) is 15.1. The van der Waals surface area contributed by atoms with E-state index in [4.69, 9.17) is 9.15 Å². The first-order valence-electron chi connectivity index (χ1n) is 9.01. The van der Waals surface area contributed by atoms with Gasteiger partial charge in [0, 0.05) is 0 Å². The fourth-order valence-electron chi connectivity index (χ4n) is 3.19. The molecule has 0 fully saturated rings. The van der Waals surface area contributed by atoms with Crippen LogP contribution in [-0.4, -0.2) is 0 Å². The predicted octanol–water partition coefficient (Wildman–Crippen LogP) is 5.74. The number of rotatable bonds is 5. The van der Waals surface area contributed by atoms with Crippen molar-refractivity contribution in [3.05, 3.63) is 106 Å². The monoisotopic (exact) mass is 356 g/mol. The Balaban J connectivity index is 1.79. The Morgan fingerprint density at radius 3 is 2.22 bits per heavy atom. The molecule has 3 aromatic carbocycles. The number of ether oxygens (including phenoxy) is 1. The van der Waals surface area contributed by atoms with Crippen molar-refractivity contribution in [2.45, 2.75) is 19.6 Å². The molecule has 0 saturated heterocycles. The topological polar surface area (TPSA) is 39.4 Å². The van der Waals surface area contributed by atoms with E-state index in [9.17, 15) is 4.79 Å². The Morgan fingerprint density at radius 2 is 1.48 bits per heavy atom. The summed E-state index contributed by atoms with van der Waals surface area (Å²) in [7, 11) is 0. The normalized spacial score (nSPS) is 12.2. The van der Waals surface area contributed by atoms with E-state index in [1.54, 1.807) is 6.07 Å². The van der Waals surface area contributed by atoms with Gasteiger partial charge in [-0.3, -0.25) is 4.79 Å². The fourth-order valence-corrected chi connectivity index (χ4v) is 3.19. The number of hydrogen-bond donors (Lipinski definition) is 0. The molecule has 1 aromatic heterocycles. The number of para-hydroxylation sites is 1. The van der Waals surface area contributed by atoms with Gasteiger partial charge in [-0.05, 0) is 30.2 Å². The van der Waals surface area contributed by atoms with E-state index in [1.807, 2.05) is 85.8 Å². The molecule has 134 valence electrons. The van der Waals surface area contributed by atoms with Crippen LogP contribution in [0, 0.1) is 0 Å². The van der Waals surface area contributed by atoms with Gasteiger partial charge in [0.15, 0.2) is 0 Å². The molecule has 0 aliphatic heterocycles. The van der Waals surface area contributed by atoms with Gasteiger partial charge in [-0.2, -0.15) is 0 Å². The van der Waals surface area contributed by atoms with Crippen LogP contribution in [0.15, 0.2) is 94.1 Å². The molecule has 1 heterocycles. The summed E-state index contributed by atoms with van der Waals surface area (Å²) in [5, 5.41) is 0.579. The number of hydrogen-bond acceptors (Lipinski definition) is 3. The Morgan fingerprint density at radius 1 is 0.852 bits per heavy atom. The van der Waals surface area contributed by atoms with Crippen LogP contribution < -0.4 is 5.43 Å². The molecule has 1 atom stereocenters. The Labute approximate surface area is 157 Å².